The van der Waals surface area contributed by atoms with Crippen molar-refractivity contribution in [2.24, 2.45) is 5.73 Å². The molecule has 0 saturated carbocycles. The summed E-state index contributed by atoms with van der Waals surface area (Å²) in [6, 6.07) is 4.52. The first-order valence-corrected chi connectivity index (χ1v) is 7.47. The molecule has 1 saturated heterocycles. The minimum atomic E-state index is -3.60. The van der Waals surface area contributed by atoms with Gasteiger partial charge in [-0.1, -0.05) is 17.7 Å². The van der Waals surface area contributed by atoms with Crippen LogP contribution < -0.4 is 10.5 Å². The van der Waals surface area contributed by atoms with Crippen molar-refractivity contribution in [3.8, 4) is 0 Å². The van der Waals surface area contributed by atoms with E-state index in [1.54, 1.807) is 12.1 Å². The number of nitrogens with two attached hydrogens (primary N) is 1. The van der Waals surface area contributed by atoms with E-state index in [2.05, 4.69) is 4.72 Å². The molecule has 1 unspecified atom stereocenters. The van der Waals surface area contributed by atoms with Gasteiger partial charge in [0.25, 0.3) is 0 Å². The molecule has 3 N–H and O–H groups in total. The second kappa shape index (κ2) is 5.54. The van der Waals surface area contributed by atoms with E-state index < -0.39 is 10.0 Å². The summed E-state index contributed by atoms with van der Waals surface area (Å²) >= 11 is 5.97. The molecule has 2 rings (SSSR count). The van der Waals surface area contributed by atoms with Crippen LogP contribution in [-0.4, -0.2) is 27.7 Å². The number of hydrogen-bond donors (Lipinski definition) is 2. The first-order valence-electron chi connectivity index (χ1n) is 5.61. The van der Waals surface area contributed by atoms with Crippen molar-refractivity contribution in [3.05, 3.63) is 28.8 Å². The average molecular weight is 291 g/mol. The lowest BCUT2D eigenvalue weighted by atomic mass is 10.2. The number of benzene rings is 1. The normalized spacial score (nSPS) is 20.2. The molecular formula is C11H15ClN2O3S. The molecule has 0 aliphatic carbocycles. The summed E-state index contributed by atoms with van der Waals surface area (Å²) in [5.41, 5.74) is 6.26. The highest BCUT2D eigenvalue weighted by molar-refractivity contribution is 7.89. The van der Waals surface area contributed by atoms with Gasteiger partial charge in [-0.25, -0.2) is 13.1 Å². The van der Waals surface area contributed by atoms with Gasteiger partial charge in [0.05, 0.1) is 11.6 Å². The molecule has 0 amide bonds. The summed E-state index contributed by atoms with van der Waals surface area (Å²) in [7, 11) is -3.60. The maximum atomic E-state index is 12.1. The first-order chi connectivity index (χ1) is 8.53. The third kappa shape index (κ3) is 3.02. The Hall–Kier alpha value is -0.660. The second-order valence-electron chi connectivity index (χ2n) is 4.15. The van der Waals surface area contributed by atoms with Gasteiger partial charge in [0.15, 0.2) is 0 Å². The Bertz CT molecular complexity index is 527. The zero-order chi connectivity index (χ0) is 13.2. The molecule has 1 fully saturated rings. The maximum Gasteiger partial charge on any atom is 0.242 e. The van der Waals surface area contributed by atoms with Gasteiger partial charge in [-0.05, 0) is 24.1 Å². The third-order valence-electron chi connectivity index (χ3n) is 2.77. The molecule has 1 aliphatic rings. The van der Waals surface area contributed by atoms with Crippen LogP contribution in [0.2, 0.25) is 5.02 Å². The van der Waals surface area contributed by atoms with Crippen molar-refractivity contribution in [1.29, 1.82) is 0 Å². The van der Waals surface area contributed by atoms with Gasteiger partial charge in [0, 0.05) is 19.2 Å². The van der Waals surface area contributed by atoms with E-state index in [9.17, 15) is 8.42 Å². The van der Waals surface area contributed by atoms with Crippen molar-refractivity contribution in [2.75, 3.05) is 13.2 Å². The molecule has 0 bridgehead atoms. The SMILES string of the molecule is NCc1ccc(S(=O)(=O)NC2CCOC2)c(Cl)c1. The highest BCUT2D eigenvalue weighted by atomic mass is 35.5. The van der Waals surface area contributed by atoms with Crippen molar-refractivity contribution in [2.45, 2.75) is 23.9 Å². The van der Waals surface area contributed by atoms with Crippen LogP contribution >= 0.6 is 11.6 Å². The van der Waals surface area contributed by atoms with Crippen LogP contribution in [-0.2, 0) is 21.3 Å². The summed E-state index contributed by atoms with van der Waals surface area (Å²) in [5, 5.41) is 0.185. The lowest BCUT2D eigenvalue weighted by Gasteiger charge is -2.13. The van der Waals surface area contributed by atoms with Crippen molar-refractivity contribution >= 4 is 21.6 Å². The first kappa shape index (κ1) is 13.8. The Labute approximate surface area is 111 Å². The molecule has 1 atom stereocenters. The van der Waals surface area contributed by atoms with Gasteiger partial charge in [-0.15, -0.1) is 0 Å². The van der Waals surface area contributed by atoms with Gasteiger partial charge in [0.2, 0.25) is 10.0 Å². The zero-order valence-corrected chi connectivity index (χ0v) is 11.3. The molecular weight excluding hydrogens is 276 g/mol. The molecule has 18 heavy (non-hydrogen) atoms. The van der Waals surface area contributed by atoms with Crippen LogP contribution in [0.1, 0.15) is 12.0 Å². The number of rotatable bonds is 4. The smallest absolute Gasteiger partial charge is 0.242 e. The number of halogens is 1. The molecule has 1 aromatic carbocycles. The summed E-state index contributed by atoms with van der Waals surface area (Å²) < 4.78 is 32.0. The fourth-order valence-electron chi connectivity index (χ4n) is 1.80. The van der Waals surface area contributed by atoms with E-state index >= 15 is 0 Å². The molecule has 0 spiro atoms. The fourth-order valence-corrected chi connectivity index (χ4v) is 3.62. The number of ether oxygens (including phenoxy) is 1. The molecule has 5 nitrogen and oxygen atoms in total. The largest absolute Gasteiger partial charge is 0.380 e. The quantitative estimate of drug-likeness (QED) is 0.862. The summed E-state index contributed by atoms with van der Waals surface area (Å²) in [6.45, 7) is 1.30. The molecule has 7 heteroatoms. The lowest BCUT2D eigenvalue weighted by molar-refractivity contribution is 0.192. The van der Waals surface area contributed by atoms with E-state index in [-0.39, 0.29) is 16.0 Å². The van der Waals surface area contributed by atoms with E-state index in [0.29, 0.717) is 26.2 Å². The van der Waals surface area contributed by atoms with E-state index in [4.69, 9.17) is 22.1 Å². The second-order valence-corrected chi connectivity index (χ2v) is 6.24. The van der Waals surface area contributed by atoms with Gasteiger partial charge >= 0.3 is 0 Å². The average Bonchev–Trinajstić information content (AvgIpc) is 2.80. The van der Waals surface area contributed by atoms with Crippen LogP contribution in [0.15, 0.2) is 23.1 Å². The molecule has 1 aliphatic heterocycles. The van der Waals surface area contributed by atoms with Gasteiger partial charge in [-0.2, -0.15) is 0 Å². The van der Waals surface area contributed by atoms with E-state index in [1.807, 2.05) is 0 Å². The molecule has 0 aromatic heterocycles. The minimum absolute atomic E-state index is 0.0771. The Morgan fingerprint density at radius 2 is 2.28 bits per heavy atom. The van der Waals surface area contributed by atoms with Crippen LogP contribution in [0.4, 0.5) is 0 Å². The predicted molar refractivity (Wildman–Crippen MR) is 68.9 cm³/mol. The minimum Gasteiger partial charge on any atom is -0.380 e. The standard InChI is InChI=1S/C11H15ClN2O3S/c12-10-5-8(6-13)1-2-11(10)18(15,16)14-9-3-4-17-7-9/h1-2,5,9,14H,3-4,6-7,13H2. The highest BCUT2D eigenvalue weighted by Gasteiger charge is 2.25. The fraction of sp³-hybridized carbons (Fsp3) is 0.455. The molecule has 1 aromatic rings. The Balaban J connectivity index is 2.23. The Kier molecular flexibility index (Phi) is 4.24. The number of sulfonamides is 1. The van der Waals surface area contributed by atoms with Crippen molar-refractivity contribution < 1.29 is 13.2 Å². The number of nitrogens with one attached hydrogen (secondary N) is 1. The summed E-state index contributed by atoms with van der Waals surface area (Å²) in [4.78, 5) is 0.0771. The molecule has 1 heterocycles. The number of hydrogen-bond acceptors (Lipinski definition) is 4. The zero-order valence-electron chi connectivity index (χ0n) is 9.73. The lowest BCUT2D eigenvalue weighted by Crippen LogP contribution is -2.35. The van der Waals surface area contributed by atoms with Crippen molar-refractivity contribution in [1.82, 2.24) is 4.72 Å². The van der Waals surface area contributed by atoms with Crippen LogP contribution in [0.3, 0.4) is 0 Å². The summed E-state index contributed by atoms with van der Waals surface area (Å²) in [5.74, 6) is 0. The van der Waals surface area contributed by atoms with Gasteiger partial charge < -0.3 is 10.5 Å². The third-order valence-corrected chi connectivity index (χ3v) is 4.78. The van der Waals surface area contributed by atoms with Gasteiger partial charge in [-0.3, -0.25) is 0 Å². The maximum absolute atomic E-state index is 12.1. The van der Waals surface area contributed by atoms with E-state index in [1.165, 1.54) is 6.07 Å². The molecule has 0 radical (unpaired) electrons. The topological polar surface area (TPSA) is 81.4 Å². The highest BCUT2D eigenvalue weighted by Crippen LogP contribution is 2.23. The van der Waals surface area contributed by atoms with Gasteiger partial charge in [0.1, 0.15) is 4.90 Å². The van der Waals surface area contributed by atoms with Crippen LogP contribution in [0, 0.1) is 0 Å². The van der Waals surface area contributed by atoms with E-state index in [0.717, 1.165) is 5.56 Å². The summed E-state index contributed by atoms with van der Waals surface area (Å²) in [6.07, 6.45) is 0.678. The Morgan fingerprint density at radius 1 is 1.50 bits per heavy atom. The Morgan fingerprint density at radius 3 is 2.83 bits per heavy atom. The van der Waals surface area contributed by atoms with Crippen LogP contribution in [0.5, 0.6) is 0 Å². The monoisotopic (exact) mass is 290 g/mol. The van der Waals surface area contributed by atoms with Crippen LogP contribution in [0.25, 0.3) is 0 Å². The predicted octanol–water partition coefficient (Wildman–Crippen LogP) is 0.866. The molecule has 100 valence electrons. The van der Waals surface area contributed by atoms with Crippen molar-refractivity contribution in [3.63, 3.8) is 0 Å².